The monoisotopic (exact) mass is 249 g/mol. The second-order valence-corrected chi connectivity index (χ2v) is 3.77. The Morgan fingerprint density at radius 3 is 3.17 bits per heavy atom. The van der Waals surface area contributed by atoms with Crippen molar-refractivity contribution in [2.45, 2.75) is 0 Å². The second kappa shape index (κ2) is 6.13. The first-order valence-electron chi connectivity index (χ1n) is 5.59. The predicted octanol–water partition coefficient (Wildman–Crippen LogP) is 1.16. The van der Waals surface area contributed by atoms with E-state index in [4.69, 9.17) is 9.47 Å². The van der Waals surface area contributed by atoms with E-state index in [2.05, 4.69) is 15.5 Å². The lowest BCUT2D eigenvalue weighted by Gasteiger charge is -2.06. The first kappa shape index (κ1) is 12.5. The summed E-state index contributed by atoms with van der Waals surface area (Å²) < 4.78 is 9.94. The molecule has 96 valence electrons. The van der Waals surface area contributed by atoms with Crippen molar-refractivity contribution < 1.29 is 14.3 Å². The van der Waals surface area contributed by atoms with Crippen LogP contribution in [-0.4, -0.2) is 43.0 Å². The van der Waals surface area contributed by atoms with Gasteiger partial charge >= 0.3 is 0 Å². The summed E-state index contributed by atoms with van der Waals surface area (Å²) in [4.78, 5) is 11.5. The van der Waals surface area contributed by atoms with Crippen molar-refractivity contribution in [3.63, 3.8) is 0 Å². The maximum absolute atomic E-state index is 11.5. The fraction of sp³-hybridized carbons (Fsp3) is 0.333. The maximum Gasteiger partial charge on any atom is 0.250 e. The smallest absolute Gasteiger partial charge is 0.250 e. The molecule has 0 radical (unpaired) electrons. The highest BCUT2D eigenvalue weighted by Gasteiger charge is 2.03. The van der Waals surface area contributed by atoms with Crippen molar-refractivity contribution in [1.82, 2.24) is 10.2 Å². The molecule has 0 aliphatic rings. The number of nitrogens with zero attached hydrogens (tertiary/aromatic N) is 1. The molecule has 2 N–H and O–H groups in total. The van der Waals surface area contributed by atoms with Crippen molar-refractivity contribution in [2.75, 3.05) is 32.2 Å². The van der Waals surface area contributed by atoms with Gasteiger partial charge in [-0.2, -0.15) is 5.10 Å². The number of methoxy groups -OCH3 is 1. The third kappa shape index (κ3) is 3.28. The third-order valence-corrected chi connectivity index (χ3v) is 2.39. The number of H-pyrrole nitrogens is 1. The highest BCUT2D eigenvalue weighted by molar-refractivity contribution is 5.94. The molecule has 6 heteroatoms. The first-order chi connectivity index (χ1) is 8.79. The third-order valence-electron chi connectivity index (χ3n) is 2.39. The Balaban J connectivity index is 1.86. The Labute approximate surface area is 104 Å². The standard InChI is InChI=1S/C12H15N3O3/c1-17-4-5-18-8-12(16)14-10-3-2-9-7-13-15-11(9)6-10/h2-3,6-7H,4-5,8H2,1H3,(H,13,15)(H,14,16). The lowest BCUT2D eigenvalue weighted by Crippen LogP contribution is -2.19. The maximum atomic E-state index is 11.5. The van der Waals surface area contributed by atoms with E-state index in [0.717, 1.165) is 10.9 Å². The molecular weight excluding hydrogens is 234 g/mol. The normalized spacial score (nSPS) is 10.7. The van der Waals surface area contributed by atoms with Crippen LogP contribution in [0.5, 0.6) is 0 Å². The number of nitrogens with one attached hydrogen (secondary N) is 2. The Kier molecular flexibility index (Phi) is 4.27. The van der Waals surface area contributed by atoms with Crippen molar-refractivity contribution in [3.8, 4) is 0 Å². The molecular formula is C12H15N3O3. The van der Waals surface area contributed by atoms with Crippen LogP contribution in [-0.2, 0) is 14.3 Å². The number of anilines is 1. The number of fused-ring (bicyclic) bond motifs is 1. The Morgan fingerprint density at radius 2 is 2.33 bits per heavy atom. The van der Waals surface area contributed by atoms with Crippen LogP contribution < -0.4 is 5.32 Å². The van der Waals surface area contributed by atoms with E-state index in [0.29, 0.717) is 18.9 Å². The van der Waals surface area contributed by atoms with Crippen molar-refractivity contribution in [3.05, 3.63) is 24.4 Å². The van der Waals surface area contributed by atoms with Gasteiger partial charge in [-0.05, 0) is 18.2 Å². The average molecular weight is 249 g/mol. The number of carbonyl (C=O) groups excluding carboxylic acids is 1. The summed E-state index contributed by atoms with van der Waals surface area (Å²) in [5.41, 5.74) is 1.60. The summed E-state index contributed by atoms with van der Waals surface area (Å²) in [6.07, 6.45) is 1.73. The van der Waals surface area contributed by atoms with Gasteiger partial charge in [-0.3, -0.25) is 9.89 Å². The van der Waals surface area contributed by atoms with Gasteiger partial charge in [0.25, 0.3) is 0 Å². The van der Waals surface area contributed by atoms with Crippen LogP contribution >= 0.6 is 0 Å². The van der Waals surface area contributed by atoms with Crippen molar-refractivity contribution in [1.29, 1.82) is 0 Å². The molecule has 0 fully saturated rings. The largest absolute Gasteiger partial charge is 0.382 e. The summed E-state index contributed by atoms with van der Waals surface area (Å²) in [7, 11) is 1.59. The summed E-state index contributed by atoms with van der Waals surface area (Å²) in [5, 5.41) is 10.5. The Morgan fingerprint density at radius 1 is 1.44 bits per heavy atom. The van der Waals surface area contributed by atoms with Crippen LogP contribution in [0, 0.1) is 0 Å². The number of ether oxygens (including phenoxy) is 2. The van der Waals surface area contributed by atoms with Gasteiger partial charge in [0.05, 0.1) is 24.9 Å². The summed E-state index contributed by atoms with van der Waals surface area (Å²) in [6.45, 7) is 0.904. The highest BCUT2D eigenvalue weighted by Crippen LogP contribution is 2.16. The highest BCUT2D eigenvalue weighted by atomic mass is 16.5. The SMILES string of the molecule is COCCOCC(=O)Nc1ccc2cn[nH]c2c1. The number of amides is 1. The molecule has 1 heterocycles. The molecule has 0 spiro atoms. The van der Waals surface area contributed by atoms with Crippen LogP contribution in [0.25, 0.3) is 10.9 Å². The fourth-order valence-corrected chi connectivity index (χ4v) is 1.52. The number of aromatic nitrogens is 2. The lowest BCUT2D eigenvalue weighted by atomic mass is 10.2. The predicted molar refractivity (Wildman–Crippen MR) is 67.4 cm³/mol. The molecule has 0 unspecified atom stereocenters. The summed E-state index contributed by atoms with van der Waals surface area (Å²) >= 11 is 0. The van der Waals surface area contributed by atoms with Crippen LogP contribution in [0.4, 0.5) is 5.69 Å². The van der Waals surface area contributed by atoms with Gasteiger partial charge in [-0.25, -0.2) is 0 Å². The summed E-state index contributed by atoms with van der Waals surface area (Å²) in [6, 6.07) is 5.54. The molecule has 2 rings (SSSR count). The Hall–Kier alpha value is -1.92. The second-order valence-electron chi connectivity index (χ2n) is 3.77. The summed E-state index contributed by atoms with van der Waals surface area (Å²) in [5.74, 6) is -0.190. The molecule has 6 nitrogen and oxygen atoms in total. The van der Waals surface area contributed by atoms with Gasteiger partial charge in [0.15, 0.2) is 0 Å². The lowest BCUT2D eigenvalue weighted by molar-refractivity contribution is -0.121. The van der Waals surface area contributed by atoms with E-state index >= 15 is 0 Å². The number of benzene rings is 1. The van der Waals surface area contributed by atoms with Crippen molar-refractivity contribution in [2.24, 2.45) is 0 Å². The van der Waals surface area contributed by atoms with Gasteiger partial charge in [0.2, 0.25) is 5.91 Å². The quantitative estimate of drug-likeness (QED) is 0.753. The zero-order valence-electron chi connectivity index (χ0n) is 10.1. The van der Waals surface area contributed by atoms with Crippen LogP contribution in [0.3, 0.4) is 0 Å². The number of rotatable bonds is 6. The molecule has 0 saturated carbocycles. The van der Waals surface area contributed by atoms with E-state index in [1.165, 1.54) is 0 Å². The molecule has 0 aliphatic carbocycles. The zero-order chi connectivity index (χ0) is 12.8. The average Bonchev–Trinajstić information content (AvgIpc) is 2.82. The van der Waals surface area contributed by atoms with Crippen molar-refractivity contribution >= 4 is 22.5 Å². The number of hydrogen-bond donors (Lipinski definition) is 2. The zero-order valence-corrected chi connectivity index (χ0v) is 10.1. The van der Waals surface area contributed by atoms with Gasteiger partial charge in [-0.15, -0.1) is 0 Å². The minimum Gasteiger partial charge on any atom is -0.382 e. The van der Waals surface area contributed by atoms with E-state index in [1.807, 2.05) is 18.2 Å². The number of aromatic amines is 1. The molecule has 2 aromatic rings. The van der Waals surface area contributed by atoms with Gasteiger partial charge in [0, 0.05) is 18.2 Å². The van der Waals surface area contributed by atoms with Gasteiger partial charge in [-0.1, -0.05) is 0 Å². The van der Waals surface area contributed by atoms with Crippen LogP contribution in [0.1, 0.15) is 0 Å². The minimum absolute atomic E-state index is 0.0182. The first-order valence-corrected chi connectivity index (χ1v) is 5.59. The fourth-order valence-electron chi connectivity index (χ4n) is 1.52. The van der Waals surface area contributed by atoms with Gasteiger partial charge < -0.3 is 14.8 Å². The van der Waals surface area contributed by atoms with E-state index < -0.39 is 0 Å². The van der Waals surface area contributed by atoms with E-state index in [9.17, 15) is 4.79 Å². The molecule has 18 heavy (non-hydrogen) atoms. The molecule has 1 amide bonds. The molecule has 0 atom stereocenters. The molecule has 1 aromatic heterocycles. The minimum atomic E-state index is -0.190. The number of hydrogen-bond acceptors (Lipinski definition) is 4. The molecule has 0 aliphatic heterocycles. The van der Waals surface area contributed by atoms with Crippen LogP contribution in [0.2, 0.25) is 0 Å². The molecule has 0 bridgehead atoms. The Bertz CT molecular complexity index is 524. The van der Waals surface area contributed by atoms with E-state index in [1.54, 1.807) is 13.3 Å². The van der Waals surface area contributed by atoms with E-state index in [-0.39, 0.29) is 12.5 Å². The van der Waals surface area contributed by atoms with Crippen LogP contribution in [0.15, 0.2) is 24.4 Å². The topological polar surface area (TPSA) is 76.2 Å². The molecule has 1 aromatic carbocycles. The number of carbonyl (C=O) groups is 1. The van der Waals surface area contributed by atoms with Gasteiger partial charge in [0.1, 0.15) is 6.61 Å². The molecule has 0 saturated heterocycles.